The minimum absolute atomic E-state index is 0.0566. The van der Waals surface area contributed by atoms with Gasteiger partial charge < -0.3 is 16.4 Å². The maximum atomic E-state index is 11.0. The van der Waals surface area contributed by atoms with Gasteiger partial charge in [0.1, 0.15) is 18.0 Å². The van der Waals surface area contributed by atoms with E-state index in [0.29, 0.717) is 0 Å². The number of hydrogen-bond donors (Lipinski definition) is 3. The minimum atomic E-state index is -0.325. The molecule has 4 N–H and O–H groups in total. The van der Waals surface area contributed by atoms with Crippen LogP contribution in [-0.2, 0) is 4.79 Å². The van der Waals surface area contributed by atoms with E-state index in [2.05, 4.69) is 41.4 Å². The van der Waals surface area contributed by atoms with Gasteiger partial charge in [-0.15, -0.1) is 0 Å². The molecule has 1 amide bonds. The molecule has 1 heterocycles. The second kappa shape index (κ2) is 7.67. The number of nitrogens with one attached hydrogen (secondary N) is 2. The smallest absolute Gasteiger partial charge is 0.219 e. The number of carbonyl (C=O) groups excluding carboxylic acids is 1. The number of aromatic nitrogens is 2. The summed E-state index contributed by atoms with van der Waals surface area (Å²) < 4.78 is 0. The fraction of sp³-hybridized carbons (Fsp3) is 0.643. The van der Waals surface area contributed by atoms with Crippen molar-refractivity contribution in [1.29, 1.82) is 0 Å². The van der Waals surface area contributed by atoms with Crippen molar-refractivity contribution in [3.8, 4) is 0 Å². The summed E-state index contributed by atoms with van der Waals surface area (Å²) in [4.78, 5) is 19.6. The molecular weight excluding hydrogens is 254 g/mol. The number of rotatable bonds is 8. The molecule has 0 aromatic carbocycles. The fourth-order valence-corrected chi connectivity index (χ4v) is 2.03. The standard InChI is InChI=1S/C14H25N5O/c1-5-6-16-13-12(9(2)3)14(18-8-17-13)19-10(4)7-11(15)20/h8-10H,5-7H2,1-4H3,(H2,15,20)(H2,16,17,18,19). The summed E-state index contributed by atoms with van der Waals surface area (Å²) in [5.41, 5.74) is 6.26. The third kappa shape index (κ3) is 4.68. The third-order valence-corrected chi connectivity index (χ3v) is 2.89. The molecule has 112 valence electrons. The first kappa shape index (κ1) is 16.2. The molecule has 1 unspecified atom stereocenters. The number of carbonyl (C=O) groups is 1. The first-order chi connectivity index (χ1) is 9.45. The second-order valence-corrected chi connectivity index (χ2v) is 5.28. The van der Waals surface area contributed by atoms with E-state index in [1.54, 1.807) is 0 Å². The number of nitrogens with two attached hydrogens (primary N) is 1. The van der Waals surface area contributed by atoms with Crippen molar-refractivity contribution in [2.24, 2.45) is 5.73 Å². The highest BCUT2D eigenvalue weighted by Crippen LogP contribution is 2.28. The SMILES string of the molecule is CCCNc1ncnc(NC(C)CC(N)=O)c1C(C)C. The van der Waals surface area contributed by atoms with Crippen LogP contribution in [0.15, 0.2) is 6.33 Å². The maximum absolute atomic E-state index is 11.0. The van der Waals surface area contributed by atoms with Gasteiger partial charge in [-0.1, -0.05) is 20.8 Å². The number of amides is 1. The lowest BCUT2D eigenvalue weighted by molar-refractivity contribution is -0.118. The van der Waals surface area contributed by atoms with Gasteiger partial charge in [-0.05, 0) is 19.3 Å². The zero-order chi connectivity index (χ0) is 15.1. The Kier molecular flexibility index (Phi) is 6.21. The van der Waals surface area contributed by atoms with E-state index < -0.39 is 0 Å². The zero-order valence-electron chi connectivity index (χ0n) is 12.7. The van der Waals surface area contributed by atoms with Crippen LogP contribution in [0.5, 0.6) is 0 Å². The summed E-state index contributed by atoms with van der Waals surface area (Å²) >= 11 is 0. The van der Waals surface area contributed by atoms with Gasteiger partial charge in [0, 0.05) is 24.6 Å². The van der Waals surface area contributed by atoms with Gasteiger partial charge in [0.15, 0.2) is 0 Å². The molecule has 0 aliphatic carbocycles. The van der Waals surface area contributed by atoms with Crippen molar-refractivity contribution in [2.45, 2.75) is 52.5 Å². The van der Waals surface area contributed by atoms with Crippen molar-refractivity contribution in [2.75, 3.05) is 17.2 Å². The van der Waals surface area contributed by atoms with Crippen LogP contribution in [0.25, 0.3) is 0 Å². The third-order valence-electron chi connectivity index (χ3n) is 2.89. The Hall–Kier alpha value is -1.85. The Morgan fingerprint density at radius 1 is 1.30 bits per heavy atom. The molecular formula is C14H25N5O. The van der Waals surface area contributed by atoms with Gasteiger partial charge in [0.2, 0.25) is 5.91 Å². The van der Waals surface area contributed by atoms with Crippen LogP contribution < -0.4 is 16.4 Å². The summed E-state index contributed by atoms with van der Waals surface area (Å²) in [6.07, 6.45) is 2.84. The highest BCUT2D eigenvalue weighted by atomic mass is 16.1. The topological polar surface area (TPSA) is 92.9 Å². The molecule has 6 heteroatoms. The lowest BCUT2D eigenvalue weighted by Crippen LogP contribution is -2.25. The van der Waals surface area contributed by atoms with E-state index >= 15 is 0 Å². The van der Waals surface area contributed by atoms with Gasteiger partial charge in [-0.2, -0.15) is 0 Å². The molecule has 1 rings (SSSR count). The minimum Gasteiger partial charge on any atom is -0.370 e. The van der Waals surface area contributed by atoms with E-state index in [-0.39, 0.29) is 24.3 Å². The van der Waals surface area contributed by atoms with Crippen LogP contribution in [0.2, 0.25) is 0 Å². The van der Waals surface area contributed by atoms with Gasteiger partial charge in [-0.3, -0.25) is 4.79 Å². The molecule has 0 spiro atoms. The molecule has 1 aromatic heterocycles. The average molecular weight is 279 g/mol. The first-order valence-electron chi connectivity index (χ1n) is 7.09. The lowest BCUT2D eigenvalue weighted by Gasteiger charge is -2.20. The molecule has 0 aliphatic heterocycles. The average Bonchev–Trinajstić information content (AvgIpc) is 2.34. The van der Waals surface area contributed by atoms with Crippen LogP contribution in [0, 0.1) is 0 Å². The number of primary amides is 1. The Morgan fingerprint density at radius 3 is 2.50 bits per heavy atom. The van der Waals surface area contributed by atoms with Crippen molar-refractivity contribution >= 4 is 17.5 Å². The van der Waals surface area contributed by atoms with E-state index in [0.717, 1.165) is 30.2 Å². The van der Waals surface area contributed by atoms with E-state index in [4.69, 9.17) is 5.73 Å². The molecule has 0 saturated heterocycles. The summed E-state index contributed by atoms with van der Waals surface area (Å²) in [5, 5.41) is 6.56. The van der Waals surface area contributed by atoms with Crippen LogP contribution in [-0.4, -0.2) is 28.5 Å². The quantitative estimate of drug-likeness (QED) is 0.677. The summed E-state index contributed by atoms with van der Waals surface area (Å²) in [6.45, 7) is 9.08. The van der Waals surface area contributed by atoms with Gasteiger partial charge >= 0.3 is 0 Å². The largest absolute Gasteiger partial charge is 0.370 e. The fourth-order valence-electron chi connectivity index (χ4n) is 2.03. The van der Waals surface area contributed by atoms with Crippen LogP contribution in [0.1, 0.15) is 52.0 Å². The van der Waals surface area contributed by atoms with E-state index in [1.165, 1.54) is 6.33 Å². The highest BCUT2D eigenvalue weighted by Gasteiger charge is 2.16. The zero-order valence-corrected chi connectivity index (χ0v) is 12.7. The van der Waals surface area contributed by atoms with Crippen molar-refractivity contribution in [3.05, 3.63) is 11.9 Å². The molecule has 0 bridgehead atoms. The van der Waals surface area contributed by atoms with Gasteiger partial charge in [0.25, 0.3) is 0 Å². The second-order valence-electron chi connectivity index (χ2n) is 5.28. The summed E-state index contributed by atoms with van der Waals surface area (Å²) in [7, 11) is 0. The Bertz CT molecular complexity index is 447. The summed E-state index contributed by atoms with van der Waals surface area (Å²) in [6, 6.07) is -0.0566. The summed E-state index contributed by atoms with van der Waals surface area (Å²) in [5.74, 6) is 1.57. The van der Waals surface area contributed by atoms with Gasteiger partial charge in [-0.25, -0.2) is 9.97 Å². The van der Waals surface area contributed by atoms with E-state index in [9.17, 15) is 4.79 Å². The molecule has 0 saturated carbocycles. The molecule has 20 heavy (non-hydrogen) atoms. The van der Waals surface area contributed by atoms with Crippen molar-refractivity contribution < 1.29 is 4.79 Å². The normalized spacial score (nSPS) is 12.2. The van der Waals surface area contributed by atoms with Crippen LogP contribution in [0.4, 0.5) is 11.6 Å². The molecule has 1 atom stereocenters. The van der Waals surface area contributed by atoms with E-state index in [1.807, 2.05) is 6.92 Å². The lowest BCUT2D eigenvalue weighted by atomic mass is 10.0. The Morgan fingerprint density at radius 2 is 1.95 bits per heavy atom. The molecule has 0 fully saturated rings. The van der Waals surface area contributed by atoms with Crippen molar-refractivity contribution in [3.63, 3.8) is 0 Å². The van der Waals surface area contributed by atoms with Crippen LogP contribution in [0.3, 0.4) is 0 Å². The van der Waals surface area contributed by atoms with Crippen LogP contribution >= 0.6 is 0 Å². The number of anilines is 2. The molecule has 0 aliphatic rings. The Labute approximate surface area is 120 Å². The predicted molar refractivity (Wildman–Crippen MR) is 81.8 cm³/mol. The van der Waals surface area contributed by atoms with Gasteiger partial charge in [0.05, 0.1) is 0 Å². The monoisotopic (exact) mass is 279 g/mol. The first-order valence-corrected chi connectivity index (χ1v) is 7.09. The number of nitrogens with zero attached hydrogens (tertiary/aromatic N) is 2. The Balaban J connectivity index is 2.96. The molecule has 1 aromatic rings. The highest BCUT2D eigenvalue weighted by molar-refractivity contribution is 5.75. The van der Waals surface area contributed by atoms with Crippen molar-refractivity contribution in [1.82, 2.24) is 9.97 Å². The predicted octanol–water partition coefficient (Wildman–Crippen LogP) is 2.10. The molecule has 0 radical (unpaired) electrons. The maximum Gasteiger partial charge on any atom is 0.219 e. The number of hydrogen-bond acceptors (Lipinski definition) is 5. The molecule has 6 nitrogen and oxygen atoms in total.